The molecule has 0 spiro atoms. The molecule has 2 amide bonds. The number of hydrogen-bond acceptors (Lipinski definition) is 4. The molecule has 0 heterocycles. The van der Waals surface area contributed by atoms with Crippen LogP contribution in [0.1, 0.15) is 27.2 Å². The van der Waals surface area contributed by atoms with Crippen molar-refractivity contribution >= 4 is 6.03 Å². The van der Waals surface area contributed by atoms with E-state index in [-0.39, 0.29) is 0 Å². The number of carbonyl (C=O) groups is 1. The number of carbonyl (C=O) groups excluding carboxylic acids is 1. The van der Waals surface area contributed by atoms with Crippen molar-refractivity contribution in [2.75, 3.05) is 26.4 Å². The Morgan fingerprint density at radius 1 is 1.12 bits per heavy atom. The molecule has 0 saturated heterocycles. The summed E-state index contributed by atoms with van der Waals surface area (Å²) in [6.07, 6.45) is 0.394. The Hall–Kier alpha value is -0.850. The van der Waals surface area contributed by atoms with Gasteiger partial charge in [-0.2, -0.15) is 0 Å². The SMILES string of the molecule is CCOC(CCNC(N)=O)(OCC)OCC. The molecule has 16 heavy (non-hydrogen) atoms. The number of nitrogens with one attached hydrogen (secondary N) is 1. The summed E-state index contributed by atoms with van der Waals surface area (Å²) in [5.74, 6) is -1.08. The molecule has 0 bridgehead atoms. The Morgan fingerprint density at radius 2 is 1.56 bits per heavy atom. The lowest BCUT2D eigenvalue weighted by Gasteiger charge is -2.32. The zero-order chi connectivity index (χ0) is 12.4. The average Bonchev–Trinajstić information content (AvgIpc) is 2.18. The number of rotatable bonds is 9. The third-order valence-corrected chi connectivity index (χ3v) is 1.82. The van der Waals surface area contributed by atoms with Crippen molar-refractivity contribution in [1.82, 2.24) is 5.32 Å². The highest BCUT2D eigenvalue weighted by atomic mass is 16.9. The molecule has 0 aliphatic rings. The van der Waals surface area contributed by atoms with Gasteiger partial charge < -0.3 is 25.3 Å². The van der Waals surface area contributed by atoms with Crippen LogP contribution in [0.2, 0.25) is 0 Å². The maximum atomic E-state index is 10.5. The van der Waals surface area contributed by atoms with Crippen LogP contribution in [0.3, 0.4) is 0 Å². The van der Waals surface area contributed by atoms with Gasteiger partial charge in [-0.15, -0.1) is 0 Å². The summed E-state index contributed by atoms with van der Waals surface area (Å²) >= 11 is 0. The largest absolute Gasteiger partial charge is 0.352 e. The summed E-state index contributed by atoms with van der Waals surface area (Å²) in [5.41, 5.74) is 4.97. The Morgan fingerprint density at radius 3 is 1.88 bits per heavy atom. The fourth-order valence-corrected chi connectivity index (χ4v) is 1.34. The molecule has 96 valence electrons. The summed E-state index contributed by atoms with van der Waals surface area (Å²) in [5, 5.41) is 2.47. The van der Waals surface area contributed by atoms with Gasteiger partial charge in [0.2, 0.25) is 0 Å². The van der Waals surface area contributed by atoms with Crippen molar-refractivity contribution in [3.63, 3.8) is 0 Å². The predicted molar refractivity (Wildman–Crippen MR) is 59.8 cm³/mol. The Labute approximate surface area is 96.4 Å². The predicted octanol–water partition coefficient (Wildman–Crippen LogP) is 0.808. The first kappa shape index (κ1) is 15.2. The number of hydrogen-bond donors (Lipinski definition) is 2. The molecule has 3 N–H and O–H groups in total. The fraction of sp³-hybridized carbons (Fsp3) is 0.900. The minimum Gasteiger partial charge on any atom is -0.352 e. The topological polar surface area (TPSA) is 82.8 Å². The second-order valence-electron chi connectivity index (χ2n) is 3.02. The van der Waals surface area contributed by atoms with E-state index in [0.717, 1.165) is 0 Å². The van der Waals surface area contributed by atoms with Gasteiger partial charge in [-0.25, -0.2) is 4.79 Å². The molecule has 0 aliphatic carbocycles. The Kier molecular flexibility index (Phi) is 7.88. The van der Waals surface area contributed by atoms with Crippen molar-refractivity contribution in [3.8, 4) is 0 Å². The molecule has 0 radical (unpaired) electrons. The molecule has 0 aromatic carbocycles. The maximum Gasteiger partial charge on any atom is 0.312 e. The molecule has 0 aromatic heterocycles. The van der Waals surface area contributed by atoms with Gasteiger partial charge in [0, 0.05) is 32.8 Å². The van der Waals surface area contributed by atoms with Crippen LogP contribution in [0.15, 0.2) is 0 Å². The van der Waals surface area contributed by atoms with Crippen LogP contribution >= 0.6 is 0 Å². The first-order valence-corrected chi connectivity index (χ1v) is 5.55. The average molecular weight is 234 g/mol. The van der Waals surface area contributed by atoms with Crippen LogP contribution in [0, 0.1) is 0 Å². The van der Waals surface area contributed by atoms with E-state index in [2.05, 4.69) is 5.32 Å². The van der Waals surface area contributed by atoms with E-state index in [4.69, 9.17) is 19.9 Å². The highest BCUT2D eigenvalue weighted by Gasteiger charge is 2.32. The lowest BCUT2D eigenvalue weighted by atomic mass is 10.3. The van der Waals surface area contributed by atoms with E-state index in [0.29, 0.717) is 32.8 Å². The second-order valence-corrected chi connectivity index (χ2v) is 3.02. The molecular formula is C10H22N2O4. The van der Waals surface area contributed by atoms with Gasteiger partial charge in [-0.3, -0.25) is 0 Å². The van der Waals surface area contributed by atoms with Gasteiger partial charge in [0.1, 0.15) is 0 Å². The van der Waals surface area contributed by atoms with Gasteiger partial charge in [-0.05, 0) is 20.8 Å². The van der Waals surface area contributed by atoms with E-state index in [1.165, 1.54) is 0 Å². The van der Waals surface area contributed by atoms with Crippen LogP contribution in [0.25, 0.3) is 0 Å². The van der Waals surface area contributed by atoms with Gasteiger partial charge in [0.25, 0.3) is 5.97 Å². The normalized spacial score (nSPS) is 11.4. The lowest BCUT2D eigenvalue weighted by Crippen LogP contribution is -2.43. The fourth-order valence-electron chi connectivity index (χ4n) is 1.34. The molecule has 6 nitrogen and oxygen atoms in total. The van der Waals surface area contributed by atoms with Crippen molar-refractivity contribution in [2.24, 2.45) is 5.73 Å². The van der Waals surface area contributed by atoms with Crippen LogP contribution in [-0.2, 0) is 14.2 Å². The van der Waals surface area contributed by atoms with Gasteiger partial charge in [-0.1, -0.05) is 0 Å². The summed E-state index contributed by atoms with van der Waals surface area (Å²) in [6.45, 7) is 7.32. The summed E-state index contributed by atoms with van der Waals surface area (Å²) in [4.78, 5) is 10.5. The van der Waals surface area contributed by atoms with E-state index in [1.54, 1.807) is 0 Å². The zero-order valence-corrected chi connectivity index (χ0v) is 10.2. The van der Waals surface area contributed by atoms with E-state index in [9.17, 15) is 4.79 Å². The molecule has 0 unspecified atom stereocenters. The summed E-state index contributed by atoms with van der Waals surface area (Å²) < 4.78 is 16.4. The molecule has 0 aliphatic heterocycles. The highest BCUT2D eigenvalue weighted by Crippen LogP contribution is 2.19. The zero-order valence-electron chi connectivity index (χ0n) is 10.2. The van der Waals surface area contributed by atoms with Crippen LogP contribution in [-0.4, -0.2) is 38.4 Å². The second kappa shape index (κ2) is 8.32. The molecule has 6 heteroatoms. The maximum absolute atomic E-state index is 10.5. The molecule has 0 rings (SSSR count). The lowest BCUT2D eigenvalue weighted by molar-refractivity contribution is -0.378. The number of urea groups is 1. The Balaban J connectivity index is 4.28. The van der Waals surface area contributed by atoms with Crippen LogP contribution in [0.5, 0.6) is 0 Å². The van der Waals surface area contributed by atoms with Crippen molar-refractivity contribution in [3.05, 3.63) is 0 Å². The van der Waals surface area contributed by atoms with Crippen LogP contribution in [0.4, 0.5) is 4.79 Å². The quantitative estimate of drug-likeness (QED) is 0.578. The van der Waals surface area contributed by atoms with E-state index < -0.39 is 12.0 Å². The van der Waals surface area contributed by atoms with Crippen molar-refractivity contribution in [2.45, 2.75) is 33.2 Å². The van der Waals surface area contributed by atoms with Gasteiger partial charge in [0.05, 0.1) is 0 Å². The molecule has 0 fully saturated rings. The number of ether oxygens (including phenoxy) is 3. The van der Waals surface area contributed by atoms with Gasteiger partial charge >= 0.3 is 6.03 Å². The number of amides is 2. The third kappa shape index (κ3) is 5.89. The number of nitrogens with two attached hydrogens (primary N) is 1. The standard InChI is InChI=1S/C10H22N2O4/c1-4-14-10(15-5-2,16-6-3)7-8-12-9(11)13/h4-8H2,1-3H3,(H3,11,12,13). The first-order chi connectivity index (χ1) is 7.60. The molecular weight excluding hydrogens is 212 g/mol. The van der Waals surface area contributed by atoms with Crippen LogP contribution < -0.4 is 11.1 Å². The first-order valence-electron chi connectivity index (χ1n) is 5.55. The molecule has 0 atom stereocenters. The summed E-state index contributed by atoms with van der Waals surface area (Å²) in [6, 6.07) is -0.571. The molecule has 0 saturated carbocycles. The third-order valence-electron chi connectivity index (χ3n) is 1.82. The summed E-state index contributed by atoms with van der Waals surface area (Å²) in [7, 11) is 0. The highest BCUT2D eigenvalue weighted by molar-refractivity contribution is 5.71. The smallest absolute Gasteiger partial charge is 0.312 e. The van der Waals surface area contributed by atoms with E-state index in [1.807, 2.05) is 20.8 Å². The monoisotopic (exact) mass is 234 g/mol. The van der Waals surface area contributed by atoms with Crippen molar-refractivity contribution < 1.29 is 19.0 Å². The minimum atomic E-state index is -1.08. The minimum absolute atomic E-state index is 0.343. The van der Waals surface area contributed by atoms with Crippen molar-refractivity contribution in [1.29, 1.82) is 0 Å². The number of primary amides is 1. The van der Waals surface area contributed by atoms with Gasteiger partial charge in [0.15, 0.2) is 0 Å². The Bertz CT molecular complexity index is 182. The molecule has 0 aromatic rings. The van der Waals surface area contributed by atoms with E-state index >= 15 is 0 Å².